The van der Waals surface area contributed by atoms with E-state index in [4.69, 9.17) is 11.6 Å². The third kappa shape index (κ3) is 4.52. The molecule has 0 bridgehead atoms. The molecule has 3 aromatic rings. The molecule has 0 unspecified atom stereocenters. The maximum absolute atomic E-state index is 13.0. The van der Waals surface area contributed by atoms with Gasteiger partial charge in [-0.3, -0.25) is 19.7 Å². The number of nitrogens with zero attached hydrogens (tertiary/aromatic N) is 3. The lowest BCUT2D eigenvalue weighted by molar-refractivity contribution is -0.126. The molecule has 0 atom stereocenters. The molecule has 154 valence electrons. The Morgan fingerprint density at radius 2 is 1.90 bits per heavy atom. The molecule has 30 heavy (non-hydrogen) atoms. The minimum Gasteiger partial charge on any atom is -0.352 e. The van der Waals surface area contributed by atoms with Crippen LogP contribution in [-0.2, 0) is 11.3 Å². The Balaban J connectivity index is 1.34. The number of hydrogen-bond acceptors (Lipinski definition) is 4. The number of piperidine rings is 1. The third-order valence-electron chi connectivity index (χ3n) is 5.35. The van der Waals surface area contributed by atoms with Gasteiger partial charge in [-0.05, 0) is 36.6 Å². The molecule has 2 aromatic heterocycles. The van der Waals surface area contributed by atoms with Crippen LogP contribution < -0.4 is 5.32 Å². The van der Waals surface area contributed by atoms with E-state index in [1.807, 2.05) is 24.3 Å². The van der Waals surface area contributed by atoms with E-state index in [9.17, 15) is 9.59 Å². The van der Waals surface area contributed by atoms with Crippen LogP contribution in [0.3, 0.4) is 0 Å². The number of halogens is 1. The summed E-state index contributed by atoms with van der Waals surface area (Å²) in [5, 5.41) is 10.6. The molecule has 0 saturated carbocycles. The van der Waals surface area contributed by atoms with Gasteiger partial charge in [0.2, 0.25) is 5.91 Å². The summed E-state index contributed by atoms with van der Waals surface area (Å²) in [6.45, 7) is 1.54. The Labute approximate surface area is 179 Å². The summed E-state index contributed by atoms with van der Waals surface area (Å²) in [5.41, 5.74) is 3.02. The maximum atomic E-state index is 13.0. The van der Waals surface area contributed by atoms with Crippen molar-refractivity contribution < 1.29 is 9.59 Å². The van der Waals surface area contributed by atoms with Crippen molar-refractivity contribution in [2.24, 2.45) is 5.92 Å². The van der Waals surface area contributed by atoms with Gasteiger partial charge in [0.05, 0.1) is 17.5 Å². The number of aromatic amines is 1. The lowest BCUT2D eigenvalue weighted by atomic mass is 9.95. The van der Waals surface area contributed by atoms with Crippen molar-refractivity contribution in [2.75, 3.05) is 13.1 Å². The van der Waals surface area contributed by atoms with Crippen LogP contribution in [0.25, 0.3) is 11.3 Å². The number of pyridine rings is 1. The summed E-state index contributed by atoms with van der Waals surface area (Å²) in [4.78, 5) is 31.4. The molecule has 2 N–H and O–H groups in total. The predicted octanol–water partition coefficient (Wildman–Crippen LogP) is 3.29. The van der Waals surface area contributed by atoms with Gasteiger partial charge in [-0.15, -0.1) is 0 Å². The summed E-state index contributed by atoms with van der Waals surface area (Å²) in [5.74, 6) is -0.148. The van der Waals surface area contributed by atoms with E-state index in [0.29, 0.717) is 48.8 Å². The molecule has 8 heteroatoms. The van der Waals surface area contributed by atoms with Gasteiger partial charge < -0.3 is 10.2 Å². The minimum atomic E-state index is -0.0918. The zero-order valence-electron chi connectivity index (χ0n) is 16.3. The maximum Gasteiger partial charge on any atom is 0.257 e. The molecule has 1 aromatic carbocycles. The highest BCUT2D eigenvalue weighted by atomic mass is 35.5. The fraction of sp³-hybridized carbons (Fsp3) is 0.273. The number of benzene rings is 1. The largest absolute Gasteiger partial charge is 0.352 e. The highest BCUT2D eigenvalue weighted by Gasteiger charge is 2.29. The smallest absolute Gasteiger partial charge is 0.257 e. The lowest BCUT2D eigenvalue weighted by Gasteiger charge is -2.31. The summed E-state index contributed by atoms with van der Waals surface area (Å²) >= 11 is 5.96. The second-order valence-electron chi connectivity index (χ2n) is 7.31. The Bertz CT molecular complexity index is 1010. The molecule has 1 fully saturated rings. The van der Waals surface area contributed by atoms with E-state index in [1.54, 1.807) is 35.6 Å². The van der Waals surface area contributed by atoms with Crippen LogP contribution in [-0.4, -0.2) is 45.0 Å². The topological polar surface area (TPSA) is 91.0 Å². The minimum absolute atomic E-state index is 0.0242. The SMILES string of the molecule is O=C(NCc1cccnc1)C1CCN(C(=O)c2cn[nH]c2-c2ccc(Cl)cc2)CC1. The summed E-state index contributed by atoms with van der Waals surface area (Å²) in [6.07, 6.45) is 6.28. The number of amides is 2. The van der Waals surface area contributed by atoms with E-state index >= 15 is 0 Å². The quantitative estimate of drug-likeness (QED) is 0.658. The molecule has 1 saturated heterocycles. The van der Waals surface area contributed by atoms with Crippen molar-refractivity contribution in [3.63, 3.8) is 0 Å². The molecular weight excluding hydrogens is 402 g/mol. The van der Waals surface area contributed by atoms with Crippen LogP contribution in [0.15, 0.2) is 55.0 Å². The molecule has 2 amide bonds. The van der Waals surface area contributed by atoms with Crippen LogP contribution >= 0.6 is 11.6 Å². The van der Waals surface area contributed by atoms with Gasteiger partial charge in [0.15, 0.2) is 0 Å². The molecule has 7 nitrogen and oxygen atoms in total. The number of rotatable bonds is 5. The van der Waals surface area contributed by atoms with Crippen LogP contribution in [0.4, 0.5) is 0 Å². The fourth-order valence-electron chi connectivity index (χ4n) is 3.64. The molecule has 1 aliphatic rings. The Morgan fingerprint density at radius 1 is 1.13 bits per heavy atom. The molecule has 4 rings (SSSR count). The number of hydrogen-bond donors (Lipinski definition) is 2. The van der Waals surface area contributed by atoms with E-state index in [-0.39, 0.29) is 17.7 Å². The zero-order chi connectivity index (χ0) is 20.9. The summed E-state index contributed by atoms with van der Waals surface area (Å²) < 4.78 is 0. The average Bonchev–Trinajstić information content (AvgIpc) is 3.28. The Hall–Kier alpha value is -3.19. The first-order chi connectivity index (χ1) is 14.6. The number of nitrogens with one attached hydrogen (secondary N) is 2. The number of carbonyl (C=O) groups excluding carboxylic acids is 2. The van der Waals surface area contributed by atoms with E-state index in [0.717, 1.165) is 11.1 Å². The van der Waals surface area contributed by atoms with Gasteiger partial charge in [-0.25, -0.2) is 0 Å². The van der Waals surface area contributed by atoms with E-state index < -0.39 is 0 Å². The predicted molar refractivity (Wildman–Crippen MR) is 114 cm³/mol. The summed E-state index contributed by atoms with van der Waals surface area (Å²) in [6, 6.07) is 11.0. The van der Waals surface area contributed by atoms with Gasteiger partial charge in [-0.2, -0.15) is 5.10 Å². The van der Waals surface area contributed by atoms with Crippen LogP contribution in [0.1, 0.15) is 28.8 Å². The van der Waals surface area contributed by atoms with Crippen LogP contribution in [0, 0.1) is 5.92 Å². The van der Waals surface area contributed by atoms with Gasteiger partial charge in [0.1, 0.15) is 0 Å². The zero-order valence-corrected chi connectivity index (χ0v) is 17.1. The van der Waals surface area contributed by atoms with E-state index in [2.05, 4.69) is 20.5 Å². The first-order valence-corrected chi connectivity index (χ1v) is 10.2. The first kappa shape index (κ1) is 20.1. The molecule has 1 aliphatic heterocycles. The van der Waals surface area contributed by atoms with Crippen molar-refractivity contribution in [3.8, 4) is 11.3 Å². The standard InChI is InChI=1S/C22H22ClN5O2/c23-18-5-3-16(4-6-18)20-19(14-26-27-20)22(30)28-10-7-17(8-11-28)21(29)25-13-15-2-1-9-24-12-15/h1-6,9,12,14,17H,7-8,10-11,13H2,(H,25,29)(H,26,27). The third-order valence-corrected chi connectivity index (χ3v) is 5.60. The van der Waals surface area contributed by atoms with Crippen molar-refractivity contribution in [1.82, 2.24) is 25.4 Å². The van der Waals surface area contributed by atoms with Gasteiger partial charge in [0.25, 0.3) is 5.91 Å². The number of aromatic nitrogens is 3. The van der Waals surface area contributed by atoms with Crippen LogP contribution in [0.5, 0.6) is 0 Å². The second-order valence-corrected chi connectivity index (χ2v) is 7.75. The molecule has 3 heterocycles. The average molecular weight is 424 g/mol. The van der Waals surface area contributed by atoms with Crippen molar-refractivity contribution in [1.29, 1.82) is 0 Å². The van der Waals surface area contributed by atoms with Gasteiger partial charge in [-0.1, -0.05) is 29.8 Å². The van der Waals surface area contributed by atoms with Gasteiger partial charge >= 0.3 is 0 Å². The van der Waals surface area contributed by atoms with Crippen molar-refractivity contribution in [2.45, 2.75) is 19.4 Å². The highest BCUT2D eigenvalue weighted by molar-refractivity contribution is 6.30. The first-order valence-electron chi connectivity index (χ1n) is 9.87. The molecule has 0 spiro atoms. The number of carbonyl (C=O) groups is 2. The van der Waals surface area contributed by atoms with Crippen molar-refractivity contribution in [3.05, 3.63) is 71.1 Å². The number of H-pyrrole nitrogens is 1. The Kier molecular flexibility index (Phi) is 6.09. The highest BCUT2D eigenvalue weighted by Crippen LogP contribution is 2.26. The second kappa shape index (κ2) is 9.09. The molecule has 0 radical (unpaired) electrons. The van der Waals surface area contributed by atoms with Crippen molar-refractivity contribution >= 4 is 23.4 Å². The number of likely N-dealkylation sites (tertiary alicyclic amines) is 1. The molecular formula is C22H22ClN5O2. The summed E-state index contributed by atoms with van der Waals surface area (Å²) in [7, 11) is 0. The van der Waals surface area contributed by atoms with E-state index in [1.165, 1.54) is 0 Å². The normalized spacial score (nSPS) is 14.5. The lowest BCUT2D eigenvalue weighted by Crippen LogP contribution is -2.43. The Morgan fingerprint density at radius 3 is 2.60 bits per heavy atom. The fourth-order valence-corrected chi connectivity index (χ4v) is 3.76. The monoisotopic (exact) mass is 423 g/mol. The van der Waals surface area contributed by atoms with Crippen LogP contribution in [0.2, 0.25) is 5.02 Å². The van der Waals surface area contributed by atoms with Gasteiger partial charge in [0, 0.05) is 48.5 Å². The molecule has 0 aliphatic carbocycles.